The molecule has 0 aliphatic carbocycles. The monoisotopic (exact) mass is 238 g/mol. The minimum Gasteiger partial charge on any atom is -0.378 e. The molecule has 0 aromatic heterocycles. The number of nitrogens with zero attached hydrogens (tertiary/aromatic N) is 1. The highest BCUT2D eigenvalue weighted by molar-refractivity contribution is 4.97. The number of ether oxygens (including phenoxy) is 1. The fourth-order valence-corrected chi connectivity index (χ4v) is 4.04. The predicted molar refractivity (Wildman–Crippen MR) is 69.2 cm³/mol. The minimum atomic E-state index is 0.566. The van der Waals surface area contributed by atoms with Crippen LogP contribution in [0.3, 0.4) is 0 Å². The Kier molecular flexibility index (Phi) is 3.69. The maximum atomic E-state index is 5.74. The van der Waals surface area contributed by atoms with E-state index < -0.39 is 0 Å². The van der Waals surface area contributed by atoms with Crippen molar-refractivity contribution in [1.29, 1.82) is 0 Å². The van der Waals surface area contributed by atoms with E-state index in [9.17, 15) is 0 Å². The summed E-state index contributed by atoms with van der Waals surface area (Å²) in [6, 6.07) is 2.48. The molecule has 3 saturated heterocycles. The Morgan fingerprint density at radius 1 is 1.18 bits per heavy atom. The van der Waals surface area contributed by atoms with Gasteiger partial charge in [-0.2, -0.15) is 0 Å². The summed E-state index contributed by atoms with van der Waals surface area (Å²) in [6.07, 6.45) is 9.97. The molecule has 0 aromatic carbocycles. The van der Waals surface area contributed by atoms with Crippen LogP contribution in [0.5, 0.6) is 0 Å². The van der Waals surface area contributed by atoms with Gasteiger partial charge >= 0.3 is 0 Å². The lowest BCUT2D eigenvalue weighted by atomic mass is 9.97. The van der Waals surface area contributed by atoms with Gasteiger partial charge in [0.25, 0.3) is 0 Å². The van der Waals surface area contributed by atoms with Crippen molar-refractivity contribution in [1.82, 2.24) is 10.2 Å². The number of fused-ring (bicyclic) bond motifs is 2. The van der Waals surface area contributed by atoms with Gasteiger partial charge in [0.2, 0.25) is 0 Å². The third-order valence-electron chi connectivity index (χ3n) is 5.03. The summed E-state index contributed by atoms with van der Waals surface area (Å²) in [5, 5.41) is 3.47. The normalized spacial score (nSPS) is 42.2. The van der Waals surface area contributed by atoms with E-state index in [1.807, 2.05) is 0 Å². The van der Waals surface area contributed by atoms with Crippen molar-refractivity contribution in [2.24, 2.45) is 0 Å². The van der Waals surface area contributed by atoms with E-state index in [1.165, 1.54) is 51.5 Å². The first kappa shape index (κ1) is 11.9. The second-order valence-electron chi connectivity index (χ2n) is 6.00. The first-order valence-electron chi connectivity index (χ1n) is 7.41. The van der Waals surface area contributed by atoms with E-state index in [0.29, 0.717) is 6.10 Å². The molecule has 0 aromatic rings. The van der Waals surface area contributed by atoms with Gasteiger partial charge in [-0.3, -0.25) is 4.90 Å². The summed E-state index contributed by atoms with van der Waals surface area (Å²) >= 11 is 0. The average molecular weight is 238 g/mol. The van der Waals surface area contributed by atoms with Gasteiger partial charge in [0, 0.05) is 31.3 Å². The maximum absolute atomic E-state index is 5.74. The smallest absolute Gasteiger partial charge is 0.0588 e. The van der Waals surface area contributed by atoms with Gasteiger partial charge in [0.05, 0.1) is 6.10 Å². The number of rotatable bonds is 4. The predicted octanol–water partition coefficient (Wildman–Crippen LogP) is 1.77. The van der Waals surface area contributed by atoms with Crippen molar-refractivity contribution in [3.05, 3.63) is 0 Å². The zero-order valence-corrected chi connectivity index (χ0v) is 11.0. The number of nitrogens with one attached hydrogen (secondary N) is 1. The van der Waals surface area contributed by atoms with Gasteiger partial charge in [-0.1, -0.05) is 0 Å². The van der Waals surface area contributed by atoms with Gasteiger partial charge in [0.15, 0.2) is 0 Å². The van der Waals surface area contributed by atoms with E-state index in [0.717, 1.165) is 24.7 Å². The average Bonchev–Trinajstić information content (AvgIpc) is 2.93. The highest BCUT2D eigenvalue weighted by Crippen LogP contribution is 2.36. The molecule has 98 valence electrons. The van der Waals surface area contributed by atoms with E-state index in [-0.39, 0.29) is 0 Å². The molecule has 17 heavy (non-hydrogen) atoms. The fraction of sp³-hybridized carbons (Fsp3) is 1.00. The summed E-state index contributed by atoms with van der Waals surface area (Å²) in [4.78, 5) is 2.79. The molecular formula is C14H26N2O. The molecule has 3 fully saturated rings. The van der Waals surface area contributed by atoms with Crippen LogP contribution in [0.4, 0.5) is 0 Å². The lowest BCUT2D eigenvalue weighted by Crippen LogP contribution is -2.48. The van der Waals surface area contributed by atoms with Crippen molar-refractivity contribution in [2.45, 2.75) is 69.2 Å². The Morgan fingerprint density at radius 2 is 1.94 bits per heavy atom. The molecule has 0 radical (unpaired) electrons. The lowest BCUT2D eigenvalue weighted by molar-refractivity contribution is 0.0668. The van der Waals surface area contributed by atoms with Crippen molar-refractivity contribution < 1.29 is 4.74 Å². The Balaban J connectivity index is 1.50. The van der Waals surface area contributed by atoms with Crippen LogP contribution in [0.2, 0.25) is 0 Å². The van der Waals surface area contributed by atoms with Gasteiger partial charge in [-0.15, -0.1) is 0 Å². The standard InChI is InChI=1S/C14H26N2O/c1-15-11-9-12-4-5-13(10-11)16(12)7-6-14-3-2-8-17-14/h11-15H,2-10H2,1H3. The molecule has 3 unspecified atom stereocenters. The molecule has 3 atom stereocenters. The van der Waals surface area contributed by atoms with Gasteiger partial charge < -0.3 is 10.1 Å². The summed E-state index contributed by atoms with van der Waals surface area (Å²) in [5.41, 5.74) is 0. The van der Waals surface area contributed by atoms with E-state index in [2.05, 4.69) is 17.3 Å². The van der Waals surface area contributed by atoms with Crippen LogP contribution in [0.25, 0.3) is 0 Å². The zero-order chi connectivity index (χ0) is 11.7. The van der Waals surface area contributed by atoms with Gasteiger partial charge in [0.1, 0.15) is 0 Å². The molecule has 0 saturated carbocycles. The lowest BCUT2D eigenvalue weighted by Gasteiger charge is -2.39. The fourth-order valence-electron chi connectivity index (χ4n) is 4.04. The zero-order valence-electron chi connectivity index (χ0n) is 11.0. The largest absolute Gasteiger partial charge is 0.378 e. The summed E-state index contributed by atoms with van der Waals surface area (Å²) in [5.74, 6) is 0. The Morgan fingerprint density at radius 3 is 2.53 bits per heavy atom. The topological polar surface area (TPSA) is 24.5 Å². The highest BCUT2D eigenvalue weighted by Gasteiger charge is 2.40. The third kappa shape index (κ3) is 2.51. The van der Waals surface area contributed by atoms with Crippen LogP contribution in [0.1, 0.15) is 44.9 Å². The minimum absolute atomic E-state index is 0.566. The quantitative estimate of drug-likeness (QED) is 0.808. The summed E-state index contributed by atoms with van der Waals surface area (Å²) in [6.45, 7) is 2.27. The molecule has 3 nitrogen and oxygen atoms in total. The van der Waals surface area contributed by atoms with Crippen molar-refractivity contribution in [3.63, 3.8) is 0 Å². The van der Waals surface area contributed by atoms with Crippen LogP contribution in [0.15, 0.2) is 0 Å². The van der Waals surface area contributed by atoms with E-state index >= 15 is 0 Å². The van der Waals surface area contributed by atoms with Crippen molar-refractivity contribution in [3.8, 4) is 0 Å². The molecule has 0 amide bonds. The third-order valence-corrected chi connectivity index (χ3v) is 5.03. The molecule has 1 N–H and O–H groups in total. The molecule has 3 aliphatic heterocycles. The molecule has 2 bridgehead atoms. The number of hydrogen-bond donors (Lipinski definition) is 1. The van der Waals surface area contributed by atoms with Crippen molar-refractivity contribution >= 4 is 0 Å². The second kappa shape index (κ2) is 5.25. The number of hydrogen-bond acceptors (Lipinski definition) is 3. The van der Waals surface area contributed by atoms with Gasteiger partial charge in [-0.25, -0.2) is 0 Å². The van der Waals surface area contributed by atoms with Crippen LogP contribution in [-0.2, 0) is 4.74 Å². The first-order valence-corrected chi connectivity index (χ1v) is 7.41. The maximum Gasteiger partial charge on any atom is 0.0588 e. The summed E-state index contributed by atoms with van der Waals surface area (Å²) < 4.78 is 5.74. The Hall–Kier alpha value is -0.120. The molecule has 3 rings (SSSR count). The van der Waals surface area contributed by atoms with Crippen LogP contribution >= 0.6 is 0 Å². The summed E-state index contributed by atoms with van der Waals surface area (Å²) in [7, 11) is 2.12. The van der Waals surface area contributed by atoms with Crippen LogP contribution in [0, 0.1) is 0 Å². The second-order valence-corrected chi connectivity index (χ2v) is 6.00. The van der Waals surface area contributed by atoms with Crippen molar-refractivity contribution in [2.75, 3.05) is 20.2 Å². The molecular weight excluding hydrogens is 212 g/mol. The van der Waals surface area contributed by atoms with Crippen LogP contribution in [-0.4, -0.2) is 49.3 Å². The van der Waals surface area contributed by atoms with E-state index in [4.69, 9.17) is 4.74 Å². The molecule has 0 spiro atoms. The Labute approximate surface area is 105 Å². The number of piperidine rings is 1. The SMILES string of the molecule is CNC1CC2CCC(C1)N2CCC1CCCO1. The van der Waals surface area contributed by atoms with Crippen LogP contribution < -0.4 is 5.32 Å². The van der Waals surface area contributed by atoms with E-state index in [1.54, 1.807) is 0 Å². The highest BCUT2D eigenvalue weighted by atomic mass is 16.5. The molecule has 3 aliphatic rings. The Bertz CT molecular complexity index is 239. The first-order chi connectivity index (χ1) is 8.36. The molecule has 3 heterocycles. The molecule has 3 heteroatoms. The van der Waals surface area contributed by atoms with Gasteiger partial charge in [-0.05, 0) is 52.0 Å².